The smallest absolute Gasteiger partial charge is 0.242 e. The number of carbonyl (C=O) groups is 2. The van der Waals surface area contributed by atoms with Gasteiger partial charge in [-0.3, -0.25) is 9.59 Å². The van der Waals surface area contributed by atoms with Crippen LogP contribution >= 0.6 is 0 Å². The fraction of sp³-hybridized carbons (Fsp3) is 0.846. The van der Waals surface area contributed by atoms with Crippen molar-refractivity contribution < 1.29 is 9.59 Å². The molecule has 2 amide bonds. The van der Waals surface area contributed by atoms with Crippen LogP contribution in [0.15, 0.2) is 0 Å². The van der Waals surface area contributed by atoms with Gasteiger partial charge in [0.05, 0.1) is 0 Å². The van der Waals surface area contributed by atoms with E-state index in [1.54, 1.807) is 11.8 Å². The van der Waals surface area contributed by atoms with Crippen molar-refractivity contribution in [2.45, 2.75) is 52.5 Å². The third-order valence-electron chi connectivity index (χ3n) is 3.41. The zero-order chi connectivity index (χ0) is 12.8. The van der Waals surface area contributed by atoms with Gasteiger partial charge in [0, 0.05) is 19.0 Å². The van der Waals surface area contributed by atoms with Crippen molar-refractivity contribution in [2.24, 2.45) is 5.92 Å². The fourth-order valence-electron chi connectivity index (χ4n) is 2.41. The summed E-state index contributed by atoms with van der Waals surface area (Å²) >= 11 is 0. The standard InChI is InChI=1S/C13H24N2O2/c1-4-6-11(7-5-2)13(17)15-9-8-14-12(16)10(15)3/h10-11H,4-9H2,1-3H3,(H,14,16). The molecule has 0 aromatic carbocycles. The Hall–Kier alpha value is -1.06. The van der Waals surface area contributed by atoms with E-state index in [2.05, 4.69) is 19.2 Å². The molecule has 1 fully saturated rings. The van der Waals surface area contributed by atoms with Crippen LogP contribution in [0.1, 0.15) is 46.5 Å². The van der Waals surface area contributed by atoms with E-state index >= 15 is 0 Å². The number of amides is 2. The average molecular weight is 240 g/mol. The number of hydrogen-bond acceptors (Lipinski definition) is 2. The molecule has 1 atom stereocenters. The Morgan fingerprint density at radius 3 is 2.53 bits per heavy atom. The predicted molar refractivity (Wildman–Crippen MR) is 67.5 cm³/mol. The number of hydrogen-bond donors (Lipinski definition) is 1. The first-order valence-electron chi connectivity index (χ1n) is 6.70. The lowest BCUT2D eigenvalue weighted by Gasteiger charge is -2.35. The normalized spacial score (nSPS) is 20.6. The Balaban J connectivity index is 2.67. The molecule has 0 spiro atoms. The van der Waals surface area contributed by atoms with Crippen molar-refractivity contribution in [2.75, 3.05) is 13.1 Å². The van der Waals surface area contributed by atoms with Crippen molar-refractivity contribution in [3.63, 3.8) is 0 Å². The van der Waals surface area contributed by atoms with E-state index in [1.807, 2.05) is 0 Å². The highest BCUT2D eigenvalue weighted by molar-refractivity contribution is 5.89. The maximum absolute atomic E-state index is 12.4. The number of rotatable bonds is 5. The predicted octanol–water partition coefficient (Wildman–Crippen LogP) is 1.55. The van der Waals surface area contributed by atoms with Gasteiger partial charge >= 0.3 is 0 Å². The number of nitrogens with one attached hydrogen (secondary N) is 1. The van der Waals surface area contributed by atoms with Crippen molar-refractivity contribution in [3.05, 3.63) is 0 Å². The van der Waals surface area contributed by atoms with Gasteiger partial charge in [-0.25, -0.2) is 0 Å². The largest absolute Gasteiger partial charge is 0.353 e. The van der Waals surface area contributed by atoms with Gasteiger partial charge in [-0.15, -0.1) is 0 Å². The highest BCUT2D eigenvalue weighted by atomic mass is 16.2. The Bertz CT molecular complexity index is 273. The van der Waals surface area contributed by atoms with Gasteiger partial charge in [-0.1, -0.05) is 26.7 Å². The van der Waals surface area contributed by atoms with Gasteiger partial charge in [0.15, 0.2) is 0 Å². The van der Waals surface area contributed by atoms with Crippen molar-refractivity contribution in [1.29, 1.82) is 0 Å². The van der Waals surface area contributed by atoms with Gasteiger partial charge in [0.1, 0.15) is 6.04 Å². The molecule has 98 valence electrons. The lowest BCUT2D eigenvalue weighted by molar-refractivity contribution is -0.145. The average Bonchev–Trinajstić information content (AvgIpc) is 2.31. The maximum atomic E-state index is 12.4. The summed E-state index contributed by atoms with van der Waals surface area (Å²) in [6, 6.07) is -0.313. The van der Waals surface area contributed by atoms with Gasteiger partial charge in [0.2, 0.25) is 11.8 Å². The molecule has 0 aliphatic carbocycles. The lowest BCUT2D eigenvalue weighted by atomic mass is 9.95. The van der Waals surface area contributed by atoms with Crippen LogP contribution in [0.3, 0.4) is 0 Å². The van der Waals surface area contributed by atoms with Crippen LogP contribution in [0.5, 0.6) is 0 Å². The topological polar surface area (TPSA) is 49.4 Å². The molecule has 4 heteroatoms. The van der Waals surface area contributed by atoms with E-state index in [4.69, 9.17) is 0 Å². The highest BCUT2D eigenvalue weighted by Gasteiger charge is 2.32. The Morgan fingerprint density at radius 1 is 1.41 bits per heavy atom. The summed E-state index contributed by atoms with van der Waals surface area (Å²) in [7, 11) is 0. The highest BCUT2D eigenvalue weighted by Crippen LogP contribution is 2.19. The fourth-order valence-corrected chi connectivity index (χ4v) is 2.41. The second kappa shape index (κ2) is 6.62. The van der Waals surface area contributed by atoms with Gasteiger partial charge < -0.3 is 10.2 Å². The molecule has 1 N–H and O–H groups in total. The van der Waals surface area contributed by atoms with Crippen LogP contribution in [0.25, 0.3) is 0 Å². The zero-order valence-electron chi connectivity index (χ0n) is 11.2. The molecule has 0 bridgehead atoms. The minimum Gasteiger partial charge on any atom is -0.353 e. The second-order valence-electron chi connectivity index (χ2n) is 4.77. The monoisotopic (exact) mass is 240 g/mol. The molecule has 1 rings (SSSR count). The molecule has 0 aromatic heterocycles. The molecule has 1 aliphatic rings. The molecular weight excluding hydrogens is 216 g/mol. The number of nitrogens with zero attached hydrogens (tertiary/aromatic N) is 1. The van der Waals surface area contributed by atoms with E-state index < -0.39 is 0 Å². The Morgan fingerprint density at radius 2 is 2.00 bits per heavy atom. The summed E-state index contributed by atoms with van der Waals surface area (Å²) < 4.78 is 0. The van der Waals surface area contributed by atoms with Crippen LogP contribution in [-0.2, 0) is 9.59 Å². The third-order valence-corrected chi connectivity index (χ3v) is 3.41. The number of carbonyl (C=O) groups excluding carboxylic acids is 2. The lowest BCUT2D eigenvalue weighted by Crippen LogP contribution is -2.57. The molecule has 0 saturated carbocycles. The van der Waals surface area contributed by atoms with Crippen LogP contribution in [0.2, 0.25) is 0 Å². The summed E-state index contributed by atoms with van der Waals surface area (Å²) in [6.07, 6.45) is 3.89. The number of piperazine rings is 1. The molecule has 1 unspecified atom stereocenters. The van der Waals surface area contributed by atoms with Crippen LogP contribution < -0.4 is 5.32 Å². The van der Waals surface area contributed by atoms with Crippen molar-refractivity contribution in [1.82, 2.24) is 10.2 Å². The summed E-state index contributed by atoms with van der Waals surface area (Å²) in [5, 5.41) is 2.79. The first kappa shape index (κ1) is 14.0. The molecule has 17 heavy (non-hydrogen) atoms. The third kappa shape index (κ3) is 3.45. The molecule has 0 radical (unpaired) electrons. The zero-order valence-corrected chi connectivity index (χ0v) is 11.2. The quantitative estimate of drug-likeness (QED) is 0.792. The molecular formula is C13H24N2O2. The first-order valence-corrected chi connectivity index (χ1v) is 6.70. The summed E-state index contributed by atoms with van der Waals surface area (Å²) in [4.78, 5) is 25.7. The second-order valence-corrected chi connectivity index (χ2v) is 4.77. The van der Waals surface area contributed by atoms with E-state index in [9.17, 15) is 9.59 Å². The molecule has 1 heterocycles. The summed E-state index contributed by atoms with van der Waals surface area (Å²) in [6.45, 7) is 7.24. The van der Waals surface area contributed by atoms with Gasteiger partial charge in [-0.2, -0.15) is 0 Å². The van der Waals surface area contributed by atoms with E-state index in [0.717, 1.165) is 25.7 Å². The van der Waals surface area contributed by atoms with Crippen molar-refractivity contribution in [3.8, 4) is 0 Å². The molecule has 1 saturated heterocycles. The van der Waals surface area contributed by atoms with Crippen LogP contribution in [0, 0.1) is 5.92 Å². The summed E-state index contributed by atoms with van der Waals surface area (Å²) in [5.74, 6) is 0.228. The van der Waals surface area contributed by atoms with Gasteiger partial charge in [0.25, 0.3) is 0 Å². The van der Waals surface area contributed by atoms with E-state index in [1.165, 1.54) is 0 Å². The molecule has 0 aromatic rings. The SMILES string of the molecule is CCCC(CCC)C(=O)N1CCNC(=O)C1C. The van der Waals surface area contributed by atoms with E-state index in [0.29, 0.717) is 13.1 Å². The maximum Gasteiger partial charge on any atom is 0.242 e. The molecule has 4 nitrogen and oxygen atoms in total. The van der Waals surface area contributed by atoms with Crippen LogP contribution in [0.4, 0.5) is 0 Å². The minimum atomic E-state index is -0.313. The van der Waals surface area contributed by atoms with Crippen LogP contribution in [-0.4, -0.2) is 35.8 Å². The minimum absolute atomic E-state index is 0.0312. The summed E-state index contributed by atoms with van der Waals surface area (Å²) in [5.41, 5.74) is 0. The Kier molecular flexibility index (Phi) is 5.45. The Labute approximate surface area is 104 Å². The van der Waals surface area contributed by atoms with E-state index in [-0.39, 0.29) is 23.8 Å². The first-order chi connectivity index (χ1) is 8.11. The van der Waals surface area contributed by atoms with Gasteiger partial charge in [-0.05, 0) is 19.8 Å². The van der Waals surface area contributed by atoms with Crippen molar-refractivity contribution >= 4 is 11.8 Å². The molecule has 1 aliphatic heterocycles.